The van der Waals surface area contributed by atoms with Gasteiger partial charge in [0.1, 0.15) is 6.61 Å². The van der Waals surface area contributed by atoms with Crippen molar-refractivity contribution >= 4 is 5.91 Å². The SMILES string of the molecule is O=C(CC1CCCCO1)NCc1cccc(C#CCO)c1. The number of rotatable bonds is 4. The summed E-state index contributed by atoms with van der Waals surface area (Å²) < 4.78 is 5.56. The molecule has 1 aliphatic heterocycles. The molecule has 4 nitrogen and oxygen atoms in total. The quantitative estimate of drug-likeness (QED) is 0.827. The van der Waals surface area contributed by atoms with Crippen molar-refractivity contribution < 1.29 is 14.6 Å². The summed E-state index contributed by atoms with van der Waals surface area (Å²) in [6.45, 7) is 1.10. The molecular weight excluding hydrogens is 266 g/mol. The van der Waals surface area contributed by atoms with Gasteiger partial charge >= 0.3 is 0 Å². The molecule has 0 radical (unpaired) electrons. The first-order valence-electron chi connectivity index (χ1n) is 7.35. The van der Waals surface area contributed by atoms with Gasteiger partial charge in [-0.25, -0.2) is 0 Å². The molecule has 1 fully saturated rings. The molecule has 2 N–H and O–H groups in total. The second kappa shape index (κ2) is 8.46. The zero-order chi connectivity index (χ0) is 14.9. The molecule has 1 unspecified atom stereocenters. The summed E-state index contributed by atoms with van der Waals surface area (Å²) in [5, 5.41) is 11.6. The van der Waals surface area contributed by atoms with E-state index in [4.69, 9.17) is 9.84 Å². The third kappa shape index (κ3) is 5.58. The molecule has 2 rings (SSSR count). The highest BCUT2D eigenvalue weighted by Crippen LogP contribution is 2.15. The third-order valence-corrected chi connectivity index (χ3v) is 3.42. The van der Waals surface area contributed by atoms with Crippen LogP contribution in [0.2, 0.25) is 0 Å². The van der Waals surface area contributed by atoms with Crippen LogP contribution in [-0.4, -0.2) is 30.3 Å². The van der Waals surface area contributed by atoms with Gasteiger partial charge in [-0.1, -0.05) is 24.0 Å². The number of carbonyl (C=O) groups excluding carboxylic acids is 1. The molecule has 1 atom stereocenters. The summed E-state index contributed by atoms with van der Waals surface area (Å²) in [5.74, 6) is 5.49. The fourth-order valence-electron chi connectivity index (χ4n) is 2.35. The van der Waals surface area contributed by atoms with Gasteiger partial charge in [-0.2, -0.15) is 0 Å². The van der Waals surface area contributed by atoms with Crippen LogP contribution >= 0.6 is 0 Å². The second-order valence-corrected chi connectivity index (χ2v) is 5.13. The first-order chi connectivity index (χ1) is 10.3. The maximum Gasteiger partial charge on any atom is 0.222 e. The fraction of sp³-hybridized carbons (Fsp3) is 0.471. The van der Waals surface area contributed by atoms with E-state index >= 15 is 0 Å². The molecule has 0 aliphatic carbocycles. The van der Waals surface area contributed by atoms with Crippen LogP contribution in [0.15, 0.2) is 24.3 Å². The van der Waals surface area contributed by atoms with Crippen LogP contribution in [0, 0.1) is 11.8 Å². The first kappa shape index (κ1) is 15.6. The summed E-state index contributed by atoms with van der Waals surface area (Å²) in [4.78, 5) is 11.9. The molecule has 0 aromatic heterocycles. The maximum atomic E-state index is 11.9. The van der Waals surface area contributed by atoms with Gasteiger partial charge in [-0.15, -0.1) is 0 Å². The molecule has 0 bridgehead atoms. The lowest BCUT2D eigenvalue weighted by Gasteiger charge is -2.21. The minimum atomic E-state index is -0.150. The van der Waals surface area contributed by atoms with Gasteiger partial charge in [0, 0.05) is 18.7 Å². The molecule has 112 valence electrons. The van der Waals surface area contributed by atoms with E-state index in [-0.39, 0.29) is 18.6 Å². The molecule has 1 amide bonds. The number of amides is 1. The Balaban J connectivity index is 1.80. The number of nitrogens with one attached hydrogen (secondary N) is 1. The number of benzene rings is 1. The largest absolute Gasteiger partial charge is 0.384 e. The van der Waals surface area contributed by atoms with E-state index in [0.717, 1.165) is 37.0 Å². The van der Waals surface area contributed by atoms with Crippen molar-refractivity contribution in [2.24, 2.45) is 0 Å². The highest BCUT2D eigenvalue weighted by Gasteiger charge is 2.17. The Hall–Kier alpha value is -1.83. The van der Waals surface area contributed by atoms with Crippen molar-refractivity contribution in [1.82, 2.24) is 5.32 Å². The minimum absolute atomic E-state index is 0.0220. The summed E-state index contributed by atoms with van der Waals surface area (Å²) >= 11 is 0. The topological polar surface area (TPSA) is 58.6 Å². The van der Waals surface area contributed by atoms with Gasteiger partial charge < -0.3 is 15.2 Å². The summed E-state index contributed by atoms with van der Waals surface area (Å²) in [6, 6.07) is 7.64. The van der Waals surface area contributed by atoms with E-state index < -0.39 is 0 Å². The van der Waals surface area contributed by atoms with E-state index in [1.54, 1.807) is 0 Å². The van der Waals surface area contributed by atoms with Crippen LogP contribution in [0.5, 0.6) is 0 Å². The standard InChI is InChI=1S/C17H21NO3/c19-9-4-7-14-5-3-6-15(11-14)13-18-17(20)12-16-8-1-2-10-21-16/h3,5-6,11,16,19H,1-2,8-10,12-13H2,(H,18,20). The van der Waals surface area contributed by atoms with Crippen LogP contribution in [0.3, 0.4) is 0 Å². The Morgan fingerprint density at radius 3 is 3.10 bits per heavy atom. The van der Waals surface area contributed by atoms with Crippen molar-refractivity contribution in [3.8, 4) is 11.8 Å². The molecule has 0 saturated carbocycles. The molecular formula is C17H21NO3. The smallest absolute Gasteiger partial charge is 0.222 e. The fourth-order valence-corrected chi connectivity index (χ4v) is 2.35. The van der Waals surface area contributed by atoms with E-state index in [0.29, 0.717) is 13.0 Å². The highest BCUT2D eigenvalue weighted by atomic mass is 16.5. The normalized spacial score (nSPS) is 17.7. The van der Waals surface area contributed by atoms with Gasteiger partial charge in [-0.05, 0) is 37.0 Å². The van der Waals surface area contributed by atoms with Crippen LogP contribution in [0.25, 0.3) is 0 Å². The number of ether oxygens (including phenoxy) is 1. The first-order valence-corrected chi connectivity index (χ1v) is 7.35. The lowest BCUT2D eigenvalue weighted by molar-refractivity contribution is -0.125. The Morgan fingerprint density at radius 1 is 1.43 bits per heavy atom. The van der Waals surface area contributed by atoms with Gasteiger partial charge in [0.25, 0.3) is 0 Å². The van der Waals surface area contributed by atoms with Crippen molar-refractivity contribution in [1.29, 1.82) is 0 Å². The Labute approximate surface area is 125 Å². The summed E-state index contributed by atoms with van der Waals surface area (Å²) in [5.41, 5.74) is 1.84. The number of aliphatic hydroxyl groups excluding tert-OH is 1. The predicted octanol–water partition coefficient (Wildman–Crippen LogP) is 1.61. The van der Waals surface area contributed by atoms with Crippen molar-refractivity contribution in [3.05, 3.63) is 35.4 Å². The number of hydrogen-bond donors (Lipinski definition) is 2. The van der Waals surface area contributed by atoms with Crippen LogP contribution < -0.4 is 5.32 Å². The minimum Gasteiger partial charge on any atom is -0.384 e. The van der Waals surface area contributed by atoms with Crippen LogP contribution in [0.4, 0.5) is 0 Å². The lowest BCUT2D eigenvalue weighted by Crippen LogP contribution is -2.30. The van der Waals surface area contributed by atoms with Crippen molar-refractivity contribution in [2.45, 2.75) is 38.3 Å². The zero-order valence-corrected chi connectivity index (χ0v) is 12.1. The van der Waals surface area contributed by atoms with Gasteiger partial charge in [0.2, 0.25) is 5.91 Å². The molecule has 4 heteroatoms. The summed E-state index contributed by atoms with van der Waals surface area (Å²) in [6.07, 6.45) is 3.72. The second-order valence-electron chi connectivity index (χ2n) is 5.13. The van der Waals surface area contributed by atoms with Gasteiger partial charge in [-0.3, -0.25) is 4.79 Å². The average Bonchev–Trinajstić information content (AvgIpc) is 2.52. The molecule has 21 heavy (non-hydrogen) atoms. The van der Waals surface area contributed by atoms with Crippen molar-refractivity contribution in [2.75, 3.05) is 13.2 Å². The maximum absolute atomic E-state index is 11.9. The van der Waals surface area contributed by atoms with Crippen LogP contribution in [0.1, 0.15) is 36.8 Å². The highest BCUT2D eigenvalue weighted by molar-refractivity contribution is 5.76. The predicted molar refractivity (Wildman–Crippen MR) is 80.5 cm³/mol. The number of carbonyl (C=O) groups is 1. The van der Waals surface area contributed by atoms with Crippen molar-refractivity contribution in [3.63, 3.8) is 0 Å². The van der Waals surface area contributed by atoms with E-state index in [2.05, 4.69) is 17.2 Å². The average molecular weight is 287 g/mol. The Morgan fingerprint density at radius 2 is 2.33 bits per heavy atom. The van der Waals surface area contributed by atoms with Crippen LogP contribution in [-0.2, 0) is 16.1 Å². The molecule has 0 spiro atoms. The lowest BCUT2D eigenvalue weighted by atomic mass is 10.1. The molecule has 1 aromatic carbocycles. The Kier molecular flexibility index (Phi) is 6.26. The number of hydrogen-bond acceptors (Lipinski definition) is 3. The zero-order valence-electron chi connectivity index (χ0n) is 12.1. The van der Waals surface area contributed by atoms with E-state index in [9.17, 15) is 4.79 Å². The monoisotopic (exact) mass is 287 g/mol. The van der Waals surface area contributed by atoms with Gasteiger partial charge in [0.05, 0.1) is 12.5 Å². The third-order valence-electron chi connectivity index (χ3n) is 3.42. The molecule has 1 heterocycles. The Bertz CT molecular complexity index is 524. The van der Waals surface area contributed by atoms with Gasteiger partial charge in [0.15, 0.2) is 0 Å². The molecule has 1 saturated heterocycles. The number of aliphatic hydroxyl groups is 1. The van der Waals surface area contributed by atoms with E-state index in [1.165, 1.54) is 0 Å². The summed E-state index contributed by atoms with van der Waals surface area (Å²) in [7, 11) is 0. The van der Waals surface area contributed by atoms with E-state index in [1.807, 2.05) is 24.3 Å². The molecule has 1 aromatic rings. The molecule has 1 aliphatic rings.